The topological polar surface area (TPSA) is 81.1 Å². The summed E-state index contributed by atoms with van der Waals surface area (Å²) in [6.45, 7) is 5.92. The van der Waals surface area contributed by atoms with Crippen LogP contribution in [-0.4, -0.2) is 27.8 Å². The molecule has 1 aliphatic rings. The third kappa shape index (κ3) is 4.22. The first-order valence-corrected chi connectivity index (χ1v) is 11.6. The van der Waals surface area contributed by atoms with Gasteiger partial charge in [-0.1, -0.05) is 36.4 Å². The van der Waals surface area contributed by atoms with Crippen molar-refractivity contribution < 1.29 is 13.9 Å². The molecule has 1 atom stereocenters. The lowest BCUT2D eigenvalue weighted by Crippen LogP contribution is -2.31. The number of fused-ring (bicyclic) bond motifs is 1. The highest BCUT2D eigenvalue weighted by Gasteiger charge is 2.34. The van der Waals surface area contributed by atoms with E-state index in [0.717, 1.165) is 11.1 Å². The number of carbonyl (C=O) groups excluding carboxylic acids is 1. The van der Waals surface area contributed by atoms with Crippen molar-refractivity contribution in [2.45, 2.75) is 26.8 Å². The van der Waals surface area contributed by atoms with Crippen LogP contribution >= 0.6 is 0 Å². The minimum atomic E-state index is -0.621. The lowest BCUT2D eigenvalue weighted by Gasteiger charge is -2.28. The first-order valence-electron chi connectivity index (χ1n) is 11.6. The maximum absolute atomic E-state index is 13.8. The van der Waals surface area contributed by atoms with Crippen LogP contribution < -0.4 is 15.4 Å². The number of allylic oxidation sites excluding steroid dienone is 1. The number of nitrogens with one attached hydrogen (secondary N) is 2. The van der Waals surface area contributed by atoms with Gasteiger partial charge in [0.15, 0.2) is 5.82 Å². The van der Waals surface area contributed by atoms with Crippen molar-refractivity contribution in [3.8, 4) is 17.1 Å². The molecule has 1 aliphatic heterocycles. The Morgan fingerprint density at radius 3 is 2.50 bits per heavy atom. The highest BCUT2D eigenvalue weighted by atomic mass is 19.1. The third-order valence-electron chi connectivity index (χ3n) is 6.40. The molecule has 2 N–H and O–H groups in total. The van der Waals surface area contributed by atoms with E-state index in [9.17, 15) is 9.18 Å². The third-order valence-corrected chi connectivity index (χ3v) is 6.40. The van der Waals surface area contributed by atoms with Crippen LogP contribution in [-0.2, 0) is 4.79 Å². The van der Waals surface area contributed by atoms with Gasteiger partial charge in [0.1, 0.15) is 17.6 Å². The molecule has 8 heteroatoms. The van der Waals surface area contributed by atoms with Gasteiger partial charge in [-0.15, -0.1) is 5.10 Å². The van der Waals surface area contributed by atoms with Gasteiger partial charge in [0.25, 0.3) is 5.91 Å². The number of carbonyl (C=O) groups is 1. The van der Waals surface area contributed by atoms with Crippen LogP contribution in [0.15, 0.2) is 78.0 Å². The number of hydrogen-bond acceptors (Lipinski definition) is 5. The van der Waals surface area contributed by atoms with Crippen LogP contribution in [0, 0.1) is 19.7 Å². The molecule has 5 rings (SSSR count). The second kappa shape index (κ2) is 9.30. The normalized spacial score (nSPS) is 14.8. The summed E-state index contributed by atoms with van der Waals surface area (Å²) in [6.07, 6.45) is 0. The van der Waals surface area contributed by atoms with Crippen LogP contribution in [0.2, 0.25) is 0 Å². The number of anilines is 2. The van der Waals surface area contributed by atoms with Gasteiger partial charge in [0.05, 0.1) is 18.4 Å². The number of nitrogens with zero attached hydrogens (tertiary/aromatic N) is 3. The van der Waals surface area contributed by atoms with Crippen LogP contribution in [0.25, 0.3) is 11.4 Å². The van der Waals surface area contributed by atoms with E-state index in [-0.39, 0.29) is 11.7 Å². The zero-order chi connectivity index (χ0) is 25.4. The molecule has 0 saturated carbocycles. The van der Waals surface area contributed by atoms with Crippen LogP contribution in [0.3, 0.4) is 0 Å². The van der Waals surface area contributed by atoms with Gasteiger partial charge in [-0.05, 0) is 67.8 Å². The second-order valence-corrected chi connectivity index (χ2v) is 8.77. The number of methoxy groups -OCH3 is 1. The minimum absolute atomic E-state index is 0.326. The summed E-state index contributed by atoms with van der Waals surface area (Å²) in [4.78, 5) is 18.4. The molecule has 0 bridgehead atoms. The maximum atomic E-state index is 13.8. The molecule has 36 heavy (non-hydrogen) atoms. The number of rotatable bonds is 5. The predicted octanol–water partition coefficient (Wildman–Crippen LogP) is 5.64. The largest absolute Gasteiger partial charge is 0.495 e. The van der Waals surface area contributed by atoms with E-state index < -0.39 is 6.04 Å². The Kier molecular flexibility index (Phi) is 6.01. The Balaban J connectivity index is 1.60. The van der Waals surface area contributed by atoms with Crippen molar-refractivity contribution in [2.75, 3.05) is 17.7 Å². The summed E-state index contributed by atoms with van der Waals surface area (Å²) < 4.78 is 20.9. The molecule has 1 aromatic heterocycles. The van der Waals surface area contributed by atoms with Gasteiger partial charge in [0.2, 0.25) is 5.95 Å². The number of para-hydroxylation sites is 2. The smallest absolute Gasteiger partial charge is 0.255 e. The average Bonchev–Trinajstić information content (AvgIpc) is 3.29. The molecule has 1 amide bonds. The zero-order valence-electron chi connectivity index (χ0n) is 20.5. The summed E-state index contributed by atoms with van der Waals surface area (Å²) in [5.74, 6) is 0.899. The van der Waals surface area contributed by atoms with E-state index in [0.29, 0.717) is 40.0 Å². The molecule has 2 heterocycles. The van der Waals surface area contributed by atoms with Gasteiger partial charge < -0.3 is 15.4 Å². The summed E-state index contributed by atoms with van der Waals surface area (Å²) in [5, 5.41) is 11.0. The van der Waals surface area contributed by atoms with Gasteiger partial charge >= 0.3 is 0 Å². The van der Waals surface area contributed by atoms with Crippen LogP contribution in [0.5, 0.6) is 5.75 Å². The fourth-order valence-electron chi connectivity index (χ4n) is 4.34. The molecule has 0 aliphatic carbocycles. The summed E-state index contributed by atoms with van der Waals surface area (Å²) in [7, 11) is 1.55. The minimum Gasteiger partial charge on any atom is -0.495 e. The lowest BCUT2D eigenvalue weighted by molar-refractivity contribution is -0.113. The fourth-order valence-corrected chi connectivity index (χ4v) is 4.34. The van der Waals surface area contributed by atoms with Gasteiger partial charge in [-0.25, -0.2) is 9.07 Å². The van der Waals surface area contributed by atoms with E-state index >= 15 is 0 Å². The molecule has 182 valence electrons. The maximum Gasteiger partial charge on any atom is 0.255 e. The van der Waals surface area contributed by atoms with Crippen molar-refractivity contribution in [3.05, 3.63) is 101 Å². The first-order chi connectivity index (χ1) is 17.4. The number of aryl methyl sites for hydroxylation is 2. The summed E-state index contributed by atoms with van der Waals surface area (Å²) in [6, 6.07) is 18.7. The fraction of sp³-hybridized carbons (Fsp3) is 0.179. The van der Waals surface area contributed by atoms with E-state index in [4.69, 9.17) is 14.8 Å². The van der Waals surface area contributed by atoms with Crippen molar-refractivity contribution >= 4 is 17.5 Å². The molecular weight excluding hydrogens is 457 g/mol. The van der Waals surface area contributed by atoms with E-state index in [2.05, 4.69) is 17.6 Å². The number of hydrogen-bond donors (Lipinski definition) is 2. The Labute approximate surface area is 208 Å². The Morgan fingerprint density at radius 2 is 1.78 bits per heavy atom. The van der Waals surface area contributed by atoms with Crippen molar-refractivity contribution in [1.29, 1.82) is 0 Å². The second-order valence-electron chi connectivity index (χ2n) is 8.77. The summed E-state index contributed by atoms with van der Waals surface area (Å²) >= 11 is 0. The highest BCUT2D eigenvalue weighted by molar-refractivity contribution is 6.06. The molecule has 0 saturated heterocycles. The first kappa shape index (κ1) is 23.3. The molecule has 4 aromatic rings. The average molecular weight is 484 g/mol. The van der Waals surface area contributed by atoms with Crippen LogP contribution in [0.4, 0.5) is 16.0 Å². The van der Waals surface area contributed by atoms with Crippen LogP contribution in [0.1, 0.15) is 29.7 Å². The molecular formula is C28H26FN5O2. The molecule has 0 spiro atoms. The SMILES string of the molecule is COc1ccccc1NC(=O)C1=C(C)Nc2nc(-c3ccc(C)c(C)c3)nn2C1c1ccc(F)cc1. The lowest BCUT2D eigenvalue weighted by atomic mass is 9.95. The molecule has 7 nitrogen and oxygen atoms in total. The Hall–Kier alpha value is -4.46. The molecule has 3 aromatic carbocycles. The Bertz CT molecular complexity index is 1490. The quantitative estimate of drug-likeness (QED) is 0.384. The van der Waals surface area contributed by atoms with E-state index in [1.54, 1.807) is 36.1 Å². The molecule has 0 fully saturated rings. The van der Waals surface area contributed by atoms with Gasteiger partial charge in [-0.2, -0.15) is 4.98 Å². The Morgan fingerprint density at radius 1 is 1.03 bits per heavy atom. The van der Waals surface area contributed by atoms with E-state index in [1.807, 2.05) is 44.2 Å². The summed E-state index contributed by atoms with van der Waals surface area (Å²) in [5.41, 5.74) is 5.51. The number of ether oxygens (including phenoxy) is 1. The van der Waals surface area contributed by atoms with Crippen molar-refractivity contribution in [3.63, 3.8) is 0 Å². The molecule has 0 radical (unpaired) electrons. The monoisotopic (exact) mass is 483 g/mol. The number of aromatic nitrogens is 3. The number of amides is 1. The number of benzene rings is 3. The van der Waals surface area contributed by atoms with Crippen molar-refractivity contribution in [2.24, 2.45) is 0 Å². The van der Waals surface area contributed by atoms with Crippen molar-refractivity contribution in [1.82, 2.24) is 14.8 Å². The van der Waals surface area contributed by atoms with Gasteiger partial charge in [-0.3, -0.25) is 4.79 Å². The standard InChI is InChI=1S/C28H26FN5O2/c1-16-9-10-20(15-17(16)2)26-32-28-30-18(3)24(27(35)31-22-7-5-6-8-23(22)36-4)25(34(28)33-26)19-11-13-21(29)14-12-19/h5-15,25H,1-4H3,(H,31,35)(H,30,32,33). The number of halogens is 1. The predicted molar refractivity (Wildman–Crippen MR) is 137 cm³/mol. The zero-order valence-corrected chi connectivity index (χ0v) is 20.5. The van der Waals surface area contributed by atoms with E-state index in [1.165, 1.54) is 17.7 Å². The van der Waals surface area contributed by atoms with Gasteiger partial charge in [0, 0.05) is 11.3 Å². The highest BCUT2D eigenvalue weighted by Crippen LogP contribution is 2.37. The molecule has 1 unspecified atom stereocenters.